The summed E-state index contributed by atoms with van der Waals surface area (Å²) in [5.41, 5.74) is 2.54. The Morgan fingerprint density at radius 2 is 2.19 bits per heavy atom. The highest BCUT2D eigenvalue weighted by atomic mass is 32.1. The molecule has 0 spiro atoms. The van der Waals surface area contributed by atoms with Gasteiger partial charge in [-0.1, -0.05) is 26.8 Å². The van der Waals surface area contributed by atoms with Crippen molar-refractivity contribution in [2.75, 3.05) is 11.9 Å². The molecular formula is C22H26N2O2S. The van der Waals surface area contributed by atoms with Crippen LogP contribution in [0.4, 0.5) is 5.00 Å². The molecule has 1 heterocycles. The highest BCUT2D eigenvalue weighted by Gasteiger charge is 2.32. The summed E-state index contributed by atoms with van der Waals surface area (Å²) in [5.74, 6) is 1.06. The number of rotatable bonds is 4. The number of nitrogens with zero attached hydrogens (tertiary/aromatic N) is 1. The molecule has 0 saturated heterocycles. The molecule has 0 radical (unpaired) electrons. The summed E-state index contributed by atoms with van der Waals surface area (Å²) >= 11 is 1.56. The van der Waals surface area contributed by atoms with E-state index in [1.165, 1.54) is 4.88 Å². The topological polar surface area (TPSA) is 62.1 Å². The summed E-state index contributed by atoms with van der Waals surface area (Å²) < 4.78 is 5.47. The molecule has 3 rings (SSSR count). The highest BCUT2D eigenvalue weighted by Crippen LogP contribution is 2.44. The Kier molecular flexibility index (Phi) is 5.57. The molecule has 27 heavy (non-hydrogen) atoms. The number of hydrogen-bond acceptors (Lipinski definition) is 4. The third kappa shape index (κ3) is 4.17. The Hall–Kier alpha value is -2.32. The minimum Gasteiger partial charge on any atom is -0.494 e. The van der Waals surface area contributed by atoms with Crippen molar-refractivity contribution >= 4 is 22.2 Å². The largest absolute Gasteiger partial charge is 0.494 e. The molecule has 142 valence electrons. The van der Waals surface area contributed by atoms with E-state index in [9.17, 15) is 10.1 Å². The van der Waals surface area contributed by atoms with E-state index in [1.807, 2.05) is 13.0 Å². The van der Waals surface area contributed by atoms with Crippen LogP contribution < -0.4 is 10.1 Å². The molecule has 0 fully saturated rings. The van der Waals surface area contributed by atoms with Gasteiger partial charge in [0.15, 0.2) is 0 Å². The van der Waals surface area contributed by atoms with E-state index in [0.717, 1.165) is 24.8 Å². The first-order chi connectivity index (χ1) is 12.8. The standard InChI is InChI=1S/C22H26N2O2S/c1-5-26-16-8-6-7-14(11-16)20(25)24-21-18(13-23)17-10-9-15(22(2,3)4)12-19(17)27-21/h6-8,11,15H,5,9-10,12H2,1-4H3,(H,24,25)/t15-/m1/s1. The lowest BCUT2D eigenvalue weighted by molar-refractivity contribution is 0.102. The summed E-state index contributed by atoms with van der Waals surface area (Å²) in [5, 5.41) is 13.3. The molecule has 0 bridgehead atoms. The van der Waals surface area contributed by atoms with Gasteiger partial charge < -0.3 is 10.1 Å². The van der Waals surface area contributed by atoms with Gasteiger partial charge in [-0.15, -0.1) is 11.3 Å². The van der Waals surface area contributed by atoms with Gasteiger partial charge in [0.25, 0.3) is 5.91 Å². The van der Waals surface area contributed by atoms with Crippen LogP contribution in [0.1, 0.15) is 60.5 Å². The van der Waals surface area contributed by atoms with Gasteiger partial charge >= 0.3 is 0 Å². The monoisotopic (exact) mass is 382 g/mol. The van der Waals surface area contributed by atoms with Crippen molar-refractivity contribution < 1.29 is 9.53 Å². The molecular weight excluding hydrogens is 356 g/mol. The number of hydrogen-bond donors (Lipinski definition) is 1. The Morgan fingerprint density at radius 1 is 1.41 bits per heavy atom. The smallest absolute Gasteiger partial charge is 0.256 e. The molecule has 1 N–H and O–H groups in total. The van der Waals surface area contributed by atoms with Gasteiger partial charge in [0.1, 0.15) is 16.8 Å². The van der Waals surface area contributed by atoms with Crippen molar-refractivity contribution in [3.8, 4) is 11.8 Å². The number of carbonyl (C=O) groups excluding carboxylic acids is 1. The van der Waals surface area contributed by atoms with Crippen molar-refractivity contribution in [3.05, 3.63) is 45.8 Å². The van der Waals surface area contributed by atoms with Gasteiger partial charge in [-0.05, 0) is 61.3 Å². The van der Waals surface area contributed by atoms with Crippen molar-refractivity contribution in [2.45, 2.75) is 47.0 Å². The first-order valence-electron chi connectivity index (χ1n) is 9.42. The third-order valence-electron chi connectivity index (χ3n) is 5.24. The molecule has 1 amide bonds. The van der Waals surface area contributed by atoms with Crippen molar-refractivity contribution in [1.29, 1.82) is 5.26 Å². The van der Waals surface area contributed by atoms with Gasteiger partial charge in [0.2, 0.25) is 0 Å². The average Bonchev–Trinajstić information content (AvgIpc) is 2.97. The van der Waals surface area contributed by atoms with E-state index < -0.39 is 0 Å². The molecule has 0 unspecified atom stereocenters. The zero-order chi connectivity index (χ0) is 19.6. The molecule has 1 aromatic heterocycles. The SMILES string of the molecule is CCOc1cccc(C(=O)Nc2sc3c(c2C#N)CC[C@@H](C(C)(C)C)C3)c1. The van der Waals surface area contributed by atoms with Crippen molar-refractivity contribution in [2.24, 2.45) is 11.3 Å². The molecule has 1 aliphatic rings. The van der Waals surface area contributed by atoms with Crippen LogP contribution in [-0.2, 0) is 12.8 Å². The maximum Gasteiger partial charge on any atom is 0.256 e. The summed E-state index contributed by atoms with van der Waals surface area (Å²) in [4.78, 5) is 14.0. The molecule has 1 aliphatic carbocycles. The fraction of sp³-hybridized carbons (Fsp3) is 0.455. The number of fused-ring (bicyclic) bond motifs is 1. The van der Waals surface area contributed by atoms with Gasteiger partial charge in [-0.2, -0.15) is 5.26 Å². The van der Waals surface area contributed by atoms with Crippen LogP contribution in [0.25, 0.3) is 0 Å². The Bertz CT molecular complexity index is 887. The highest BCUT2D eigenvalue weighted by molar-refractivity contribution is 7.16. The number of amides is 1. The maximum absolute atomic E-state index is 12.7. The van der Waals surface area contributed by atoms with Crippen molar-refractivity contribution in [1.82, 2.24) is 0 Å². The molecule has 0 aliphatic heterocycles. The van der Waals surface area contributed by atoms with Gasteiger partial charge in [-0.25, -0.2) is 0 Å². The third-order valence-corrected chi connectivity index (χ3v) is 6.41. The average molecular weight is 383 g/mol. The van der Waals surface area contributed by atoms with Crippen LogP contribution in [0.3, 0.4) is 0 Å². The Balaban J connectivity index is 1.84. The normalized spacial score (nSPS) is 16.3. The zero-order valence-corrected chi connectivity index (χ0v) is 17.2. The van der Waals surface area contributed by atoms with E-state index >= 15 is 0 Å². The van der Waals surface area contributed by atoms with E-state index in [2.05, 4.69) is 32.2 Å². The van der Waals surface area contributed by atoms with E-state index in [4.69, 9.17) is 4.74 Å². The number of thiophene rings is 1. The zero-order valence-electron chi connectivity index (χ0n) is 16.4. The van der Waals surface area contributed by atoms with Crippen LogP contribution in [0, 0.1) is 22.7 Å². The first-order valence-corrected chi connectivity index (χ1v) is 10.2. The Morgan fingerprint density at radius 3 is 2.85 bits per heavy atom. The molecule has 5 heteroatoms. The predicted octanol–water partition coefficient (Wildman–Crippen LogP) is 5.42. The molecule has 4 nitrogen and oxygen atoms in total. The summed E-state index contributed by atoms with van der Waals surface area (Å²) in [7, 11) is 0. The number of nitrogens with one attached hydrogen (secondary N) is 1. The second kappa shape index (κ2) is 7.74. The lowest BCUT2D eigenvalue weighted by Crippen LogP contribution is -2.26. The lowest BCUT2D eigenvalue weighted by Gasteiger charge is -2.33. The summed E-state index contributed by atoms with van der Waals surface area (Å²) in [6.45, 7) is 9.28. The first kappa shape index (κ1) is 19.4. The van der Waals surface area contributed by atoms with Crippen molar-refractivity contribution in [3.63, 3.8) is 0 Å². The number of benzene rings is 1. The summed E-state index contributed by atoms with van der Waals surface area (Å²) in [6.07, 6.45) is 2.98. The van der Waals surface area contributed by atoms with Gasteiger partial charge in [0, 0.05) is 10.4 Å². The van der Waals surface area contributed by atoms with E-state index in [0.29, 0.717) is 34.4 Å². The Labute approximate surface area is 165 Å². The minimum atomic E-state index is -0.209. The number of ether oxygens (including phenoxy) is 1. The summed E-state index contributed by atoms with van der Waals surface area (Å²) in [6, 6.07) is 9.44. The molecule has 1 atom stereocenters. The van der Waals surface area contributed by atoms with Crippen LogP contribution in [-0.4, -0.2) is 12.5 Å². The quantitative estimate of drug-likeness (QED) is 0.768. The van der Waals surface area contributed by atoms with Crippen LogP contribution in [0.15, 0.2) is 24.3 Å². The second-order valence-corrected chi connectivity index (χ2v) is 9.15. The number of anilines is 1. The van der Waals surface area contributed by atoms with E-state index in [-0.39, 0.29) is 11.3 Å². The predicted molar refractivity (Wildman–Crippen MR) is 110 cm³/mol. The fourth-order valence-electron chi connectivity index (χ4n) is 3.60. The minimum absolute atomic E-state index is 0.209. The molecule has 2 aromatic rings. The fourth-order valence-corrected chi connectivity index (χ4v) is 4.87. The second-order valence-electron chi connectivity index (χ2n) is 8.04. The van der Waals surface area contributed by atoms with Gasteiger partial charge in [0.05, 0.1) is 12.2 Å². The van der Waals surface area contributed by atoms with Crippen LogP contribution in [0.2, 0.25) is 0 Å². The van der Waals surface area contributed by atoms with E-state index in [1.54, 1.807) is 29.5 Å². The number of nitriles is 1. The lowest BCUT2D eigenvalue weighted by atomic mass is 9.72. The maximum atomic E-state index is 12.7. The molecule has 0 saturated carbocycles. The number of carbonyl (C=O) groups is 1. The van der Waals surface area contributed by atoms with Crippen LogP contribution >= 0.6 is 11.3 Å². The van der Waals surface area contributed by atoms with Crippen LogP contribution in [0.5, 0.6) is 5.75 Å². The molecule has 1 aromatic carbocycles. The van der Waals surface area contributed by atoms with Gasteiger partial charge in [-0.3, -0.25) is 4.79 Å².